The van der Waals surface area contributed by atoms with Crippen molar-refractivity contribution < 1.29 is 0 Å². The number of nitrogens with zero attached hydrogens (tertiary/aromatic N) is 2. The monoisotopic (exact) mass is 834 g/mol. The summed E-state index contributed by atoms with van der Waals surface area (Å²) >= 11 is 2.37. The first-order chi connectivity index (χ1) is 27.0. The van der Waals surface area contributed by atoms with Crippen molar-refractivity contribution in [2.45, 2.75) is 41.5 Å². The minimum Gasteiger partial charge on any atom is -0.354 e. The number of fused-ring (bicyclic) bond motifs is 8. The van der Waals surface area contributed by atoms with Crippen molar-refractivity contribution in [3.63, 3.8) is 0 Å². The van der Waals surface area contributed by atoms with Gasteiger partial charge in [0.25, 0.3) is 0 Å². The van der Waals surface area contributed by atoms with Crippen LogP contribution in [0.2, 0.25) is 0 Å². The van der Waals surface area contributed by atoms with E-state index >= 15 is 0 Å². The Labute approximate surface area is 343 Å². The normalized spacial score (nSPS) is 12.1. The fourth-order valence-corrected chi connectivity index (χ4v) is 9.11. The van der Waals surface area contributed by atoms with Crippen molar-refractivity contribution in [2.24, 2.45) is 0 Å². The van der Waals surface area contributed by atoms with E-state index in [1.165, 1.54) is 48.1 Å². The summed E-state index contributed by atoms with van der Waals surface area (Å²) in [5.41, 5.74) is 24.2. The lowest BCUT2D eigenvalue weighted by molar-refractivity contribution is 1.28. The molecule has 0 atom stereocenters. The number of aromatic amines is 2. The summed E-state index contributed by atoms with van der Waals surface area (Å²) in [5, 5.41) is 0. The maximum absolute atomic E-state index is 6.23. The van der Waals surface area contributed by atoms with Crippen LogP contribution in [0.3, 0.4) is 0 Å². The summed E-state index contributed by atoms with van der Waals surface area (Å²) in [6.07, 6.45) is 8.65. The highest BCUT2D eigenvalue weighted by atomic mass is 127. The molecule has 4 aromatic carbocycles. The first-order valence-electron chi connectivity index (χ1n) is 19.0. The van der Waals surface area contributed by atoms with Gasteiger partial charge in [-0.2, -0.15) is 0 Å². The lowest BCUT2D eigenvalue weighted by Gasteiger charge is -2.13. The van der Waals surface area contributed by atoms with Gasteiger partial charge in [-0.1, -0.05) is 77.3 Å². The van der Waals surface area contributed by atoms with Gasteiger partial charge in [0.15, 0.2) is 0 Å². The smallest absolute Gasteiger partial charge is 0.113 e. The molecule has 0 unspecified atom stereocenters. The molecule has 2 radical (unpaired) electrons. The van der Waals surface area contributed by atoms with Crippen LogP contribution in [0.4, 0.5) is 0 Å². The van der Waals surface area contributed by atoms with E-state index < -0.39 is 0 Å². The SMILES string of the molecule is [B]c1ccc(-c2c3nc(c(-c4c(C)cc(C)cc4C)c4ccc([nH]4)c(-c4ccc(I)cc4)c4nc(c(-c5c(C)cc(C)cc5C)c5ccc2[nH]5)C=C4)C=C3)cc1. The number of halogens is 1. The standard InChI is InChI=1S/C50H40BIN4/c1-27-23-29(3)45(30(4)24-27)49-41-19-15-37(53-41)47(33-7-11-35(51)12-8-33)38-16-20-42(54-38)50(46-31(5)25-28(2)26-32(46)6)44-22-18-40(56-44)48(39-17-21-43(49)55-39)34-9-13-36(52)14-10-34/h7-26,53,56H,1-6H3. The van der Waals surface area contributed by atoms with Crippen LogP contribution in [-0.2, 0) is 0 Å². The van der Waals surface area contributed by atoms with E-state index in [1.807, 2.05) is 12.1 Å². The van der Waals surface area contributed by atoms with Gasteiger partial charge in [0.1, 0.15) is 7.85 Å². The van der Waals surface area contributed by atoms with Crippen molar-refractivity contribution in [1.82, 2.24) is 19.9 Å². The summed E-state index contributed by atoms with van der Waals surface area (Å²) in [4.78, 5) is 18.8. The molecule has 5 heterocycles. The highest BCUT2D eigenvalue weighted by Gasteiger charge is 2.21. The molecule has 270 valence electrons. The Balaban J connectivity index is 1.50. The molecule has 2 N–H and O–H groups in total. The van der Waals surface area contributed by atoms with Crippen LogP contribution in [0.5, 0.6) is 0 Å². The lowest BCUT2D eigenvalue weighted by atomic mass is 9.92. The number of hydrogen-bond acceptors (Lipinski definition) is 2. The number of nitrogens with one attached hydrogen (secondary N) is 2. The predicted molar refractivity (Wildman–Crippen MR) is 247 cm³/mol. The van der Waals surface area contributed by atoms with Gasteiger partial charge in [0.2, 0.25) is 0 Å². The largest absolute Gasteiger partial charge is 0.354 e. The average Bonchev–Trinajstić information content (AvgIpc) is 3.99. The molecule has 3 aromatic heterocycles. The molecule has 9 rings (SSSR count). The van der Waals surface area contributed by atoms with Crippen LogP contribution in [0.1, 0.15) is 56.2 Å². The minimum atomic E-state index is 0.717. The summed E-state index contributed by atoms with van der Waals surface area (Å²) in [5.74, 6) is 0. The van der Waals surface area contributed by atoms with Gasteiger partial charge < -0.3 is 9.97 Å². The number of hydrogen-bond donors (Lipinski definition) is 2. The lowest BCUT2D eigenvalue weighted by Crippen LogP contribution is -1.99. The number of H-pyrrole nitrogens is 2. The molecule has 0 spiro atoms. The molecule has 4 nitrogen and oxygen atoms in total. The van der Waals surface area contributed by atoms with E-state index in [2.05, 4.69) is 183 Å². The zero-order chi connectivity index (χ0) is 38.8. The zero-order valence-corrected chi connectivity index (χ0v) is 34.6. The third kappa shape index (κ3) is 6.36. The molecule has 0 aliphatic carbocycles. The first kappa shape index (κ1) is 35.9. The third-order valence-corrected chi connectivity index (χ3v) is 11.7. The molecular formula is C50H40BIN4. The summed E-state index contributed by atoms with van der Waals surface area (Å²) < 4.78 is 1.18. The number of aromatic nitrogens is 4. The van der Waals surface area contributed by atoms with Crippen molar-refractivity contribution in [1.29, 1.82) is 0 Å². The summed E-state index contributed by atoms with van der Waals surface area (Å²) in [6, 6.07) is 34.6. The second-order valence-corrected chi connectivity index (χ2v) is 16.4. The molecule has 0 amide bonds. The maximum atomic E-state index is 6.23. The van der Waals surface area contributed by atoms with Crippen LogP contribution in [0.25, 0.3) is 90.9 Å². The Kier molecular flexibility index (Phi) is 9.04. The van der Waals surface area contributed by atoms with Crippen molar-refractivity contribution in [3.05, 3.63) is 157 Å². The van der Waals surface area contributed by atoms with Crippen LogP contribution >= 0.6 is 22.6 Å². The van der Waals surface area contributed by atoms with Gasteiger partial charge in [0, 0.05) is 47.9 Å². The molecule has 2 aliphatic heterocycles. The number of aryl methyl sites for hydroxylation is 6. The molecular weight excluding hydrogens is 794 g/mol. The summed E-state index contributed by atoms with van der Waals surface area (Å²) in [7, 11) is 6.23. The molecule has 7 aromatic rings. The zero-order valence-electron chi connectivity index (χ0n) is 32.4. The van der Waals surface area contributed by atoms with Gasteiger partial charge in [0.05, 0.1) is 22.8 Å². The highest BCUT2D eigenvalue weighted by Crippen LogP contribution is 2.41. The van der Waals surface area contributed by atoms with Gasteiger partial charge in [-0.25, -0.2) is 9.97 Å². The van der Waals surface area contributed by atoms with E-state index in [0.717, 1.165) is 83.7 Å². The van der Waals surface area contributed by atoms with Crippen molar-refractivity contribution >= 4 is 82.3 Å². The van der Waals surface area contributed by atoms with E-state index in [1.54, 1.807) is 0 Å². The minimum absolute atomic E-state index is 0.717. The molecule has 2 aliphatic rings. The Morgan fingerprint density at radius 3 is 1.11 bits per heavy atom. The van der Waals surface area contributed by atoms with Crippen LogP contribution < -0.4 is 5.46 Å². The Hall–Kier alpha value is -5.73. The van der Waals surface area contributed by atoms with E-state index in [0.29, 0.717) is 0 Å². The molecule has 0 saturated carbocycles. The first-order valence-corrected chi connectivity index (χ1v) is 20.0. The predicted octanol–water partition coefficient (Wildman–Crippen LogP) is 12.6. The fourth-order valence-electron chi connectivity index (χ4n) is 8.75. The molecule has 8 bridgehead atoms. The number of rotatable bonds is 4. The van der Waals surface area contributed by atoms with Gasteiger partial charge in [-0.05, 0) is 169 Å². The van der Waals surface area contributed by atoms with E-state index in [9.17, 15) is 0 Å². The van der Waals surface area contributed by atoms with E-state index in [4.69, 9.17) is 17.8 Å². The fraction of sp³-hybridized carbons (Fsp3) is 0.120. The van der Waals surface area contributed by atoms with Crippen LogP contribution in [0.15, 0.2) is 97.1 Å². The Bertz CT molecular complexity index is 2730. The highest BCUT2D eigenvalue weighted by molar-refractivity contribution is 14.1. The molecule has 6 heteroatoms. The quantitative estimate of drug-likeness (QED) is 0.137. The van der Waals surface area contributed by atoms with Gasteiger partial charge >= 0.3 is 0 Å². The van der Waals surface area contributed by atoms with Gasteiger partial charge in [-0.3, -0.25) is 0 Å². The Morgan fingerprint density at radius 2 is 0.732 bits per heavy atom. The topological polar surface area (TPSA) is 57.4 Å². The second kappa shape index (κ2) is 14.1. The van der Waals surface area contributed by atoms with E-state index in [-0.39, 0.29) is 0 Å². The molecule has 0 saturated heterocycles. The van der Waals surface area contributed by atoms with Crippen LogP contribution in [0, 0.1) is 45.1 Å². The summed E-state index contributed by atoms with van der Waals surface area (Å²) in [6.45, 7) is 13.1. The van der Waals surface area contributed by atoms with Gasteiger partial charge in [-0.15, -0.1) is 0 Å². The maximum Gasteiger partial charge on any atom is 0.113 e. The van der Waals surface area contributed by atoms with Crippen LogP contribution in [-0.4, -0.2) is 27.8 Å². The van der Waals surface area contributed by atoms with Crippen molar-refractivity contribution in [2.75, 3.05) is 0 Å². The third-order valence-electron chi connectivity index (χ3n) is 10.9. The Morgan fingerprint density at radius 1 is 0.411 bits per heavy atom. The van der Waals surface area contributed by atoms with Crippen molar-refractivity contribution in [3.8, 4) is 44.5 Å². The second-order valence-electron chi connectivity index (χ2n) is 15.2. The number of benzene rings is 4. The average molecular weight is 835 g/mol. The molecule has 0 fully saturated rings. The molecule has 56 heavy (non-hydrogen) atoms.